The molecular formula is C25H22N8O2. The van der Waals surface area contributed by atoms with Crippen LogP contribution in [-0.2, 0) is 4.79 Å². The number of carbonyl (C=O) groups excluding carboxylic acids is 1. The highest BCUT2D eigenvalue weighted by molar-refractivity contribution is 6.19. The predicted molar refractivity (Wildman–Crippen MR) is 134 cm³/mol. The fourth-order valence-electron chi connectivity index (χ4n) is 3.66. The van der Waals surface area contributed by atoms with Crippen molar-refractivity contribution >= 4 is 29.2 Å². The number of nitrogens with zero attached hydrogens (tertiary/aromatic N) is 4. The molecule has 4 aromatic rings. The molecule has 0 spiro atoms. The second-order valence-corrected chi connectivity index (χ2v) is 7.64. The summed E-state index contributed by atoms with van der Waals surface area (Å²) in [4.78, 5) is 17.7. The first kappa shape index (κ1) is 21.8. The molecule has 5 N–H and O–H groups in total. The standard InChI is InChI=1S/C25H22N8O2/c1-27-31-21(26)16-11-13-17(14-12-16)24-32-33-25(35-24)30-22-23(34)28-19-10-6-5-9-18(19)20(29-22)15-7-3-2-4-8-15/h2-14,22,27H,1H3,(H2,26,31)(H,28,34)(H,30,33). The highest BCUT2D eigenvalue weighted by Gasteiger charge is 2.27. The number of nitrogens with two attached hydrogens (primary N) is 1. The van der Waals surface area contributed by atoms with Crippen molar-refractivity contribution < 1.29 is 9.21 Å². The molecular weight excluding hydrogens is 444 g/mol. The number of anilines is 2. The zero-order valence-corrected chi connectivity index (χ0v) is 18.8. The number of aliphatic imine (C=N–C) groups is 1. The Morgan fingerprint density at radius 2 is 1.71 bits per heavy atom. The number of hydrazone groups is 1. The molecule has 0 saturated carbocycles. The van der Waals surface area contributed by atoms with Crippen molar-refractivity contribution in [3.8, 4) is 11.5 Å². The molecule has 35 heavy (non-hydrogen) atoms. The number of benzene rings is 3. The summed E-state index contributed by atoms with van der Waals surface area (Å²) >= 11 is 0. The highest BCUT2D eigenvalue weighted by atomic mass is 16.4. The topological polar surface area (TPSA) is 143 Å². The Hall–Kier alpha value is -4.99. The van der Waals surface area contributed by atoms with Crippen LogP contribution in [0.5, 0.6) is 0 Å². The molecule has 5 rings (SSSR count). The van der Waals surface area contributed by atoms with Gasteiger partial charge in [0.25, 0.3) is 5.91 Å². The number of carbonyl (C=O) groups is 1. The average Bonchev–Trinajstić information content (AvgIpc) is 3.31. The van der Waals surface area contributed by atoms with Gasteiger partial charge in [-0.2, -0.15) is 5.10 Å². The Labute approximate surface area is 201 Å². The van der Waals surface area contributed by atoms with E-state index < -0.39 is 6.17 Å². The van der Waals surface area contributed by atoms with Crippen LogP contribution in [0.15, 0.2) is 93.4 Å². The minimum absolute atomic E-state index is 0.0719. The van der Waals surface area contributed by atoms with Crippen molar-refractivity contribution in [2.45, 2.75) is 6.17 Å². The molecule has 1 amide bonds. The van der Waals surface area contributed by atoms with Crippen LogP contribution in [-0.4, -0.2) is 40.9 Å². The Morgan fingerprint density at radius 1 is 0.971 bits per heavy atom. The molecule has 0 saturated heterocycles. The SMILES string of the molecule is CN/N=C(\N)c1ccc(-c2nnc(NC3N=C(c4ccccc4)c4ccccc4NC3=O)o2)cc1. The number of rotatable bonds is 6. The minimum Gasteiger partial charge on any atom is -0.403 e. The summed E-state index contributed by atoms with van der Waals surface area (Å²) in [6.45, 7) is 0. The van der Waals surface area contributed by atoms with E-state index in [0.717, 1.165) is 16.7 Å². The summed E-state index contributed by atoms with van der Waals surface area (Å²) in [5.74, 6) is 0.305. The molecule has 10 heteroatoms. The summed E-state index contributed by atoms with van der Waals surface area (Å²) in [5, 5.41) is 18.0. The summed E-state index contributed by atoms with van der Waals surface area (Å²) in [5.41, 5.74) is 13.0. The van der Waals surface area contributed by atoms with E-state index in [1.54, 1.807) is 31.3 Å². The summed E-state index contributed by atoms with van der Waals surface area (Å²) in [7, 11) is 1.67. The van der Waals surface area contributed by atoms with Crippen LogP contribution in [0, 0.1) is 0 Å². The molecule has 1 aliphatic heterocycles. The Morgan fingerprint density at radius 3 is 2.49 bits per heavy atom. The fraction of sp³-hybridized carbons (Fsp3) is 0.0800. The largest absolute Gasteiger partial charge is 0.403 e. The van der Waals surface area contributed by atoms with Gasteiger partial charge in [0.15, 0.2) is 5.84 Å². The first-order chi connectivity index (χ1) is 17.1. The molecule has 1 atom stereocenters. The lowest BCUT2D eigenvalue weighted by Crippen LogP contribution is -2.32. The molecule has 1 unspecified atom stereocenters. The third kappa shape index (κ3) is 4.58. The van der Waals surface area contributed by atoms with Crippen LogP contribution in [0.25, 0.3) is 11.5 Å². The number of amidine groups is 1. The maximum atomic E-state index is 13.0. The first-order valence-corrected chi connectivity index (χ1v) is 10.9. The number of hydrogen-bond donors (Lipinski definition) is 4. The molecule has 174 valence electrons. The van der Waals surface area contributed by atoms with Gasteiger partial charge in [0.2, 0.25) is 12.1 Å². The maximum Gasteiger partial charge on any atom is 0.317 e. The number of amides is 1. The summed E-state index contributed by atoms with van der Waals surface area (Å²) in [6, 6.07) is 24.5. The molecule has 1 aromatic heterocycles. The summed E-state index contributed by atoms with van der Waals surface area (Å²) < 4.78 is 5.77. The van der Waals surface area contributed by atoms with Crippen molar-refractivity contribution in [2.75, 3.05) is 17.7 Å². The second-order valence-electron chi connectivity index (χ2n) is 7.64. The van der Waals surface area contributed by atoms with Gasteiger partial charge in [0.05, 0.1) is 11.4 Å². The molecule has 0 radical (unpaired) electrons. The van der Waals surface area contributed by atoms with E-state index in [0.29, 0.717) is 22.8 Å². The number of aromatic nitrogens is 2. The van der Waals surface area contributed by atoms with Gasteiger partial charge >= 0.3 is 6.01 Å². The van der Waals surface area contributed by atoms with Crippen LogP contribution < -0.4 is 21.8 Å². The van der Waals surface area contributed by atoms with Crippen LogP contribution in [0.3, 0.4) is 0 Å². The van der Waals surface area contributed by atoms with Crippen LogP contribution >= 0.6 is 0 Å². The first-order valence-electron chi connectivity index (χ1n) is 10.9. The van der Waals surface area contributed by atoms with Crippen molar-refractivity contribution in [3.05, 3.63) is 95.6 Å². The van der Waals surface area contributed by atoms with Gasteiger partial charge in [0, 0.05) is 29.3 Å². The van der Waals surface area contributed by atoms with Gasteiger partial charge < -0.3 is 26.2 Å². The van der Waals surface area contributed by atoms with Crippen LogP contribution in [0.2, 0.25) is 0 Å². The molecule has 3 aromatic carbocycles. The molecule has 0 bridgehead atoms. The van der Waals surface area contributed by atoms with Crippen molar-refractivity contribution in [1.29, 1.82) is 0 Å². The highest BCUT2D eigenvalue weighted by Crippen LogP contribution is 2.25. The molecule has 10 nitrogen and oxygen atoms in total. The van der Waals surface area contributed by atoms with Gasteiger partial charge in [0.1, 0.15) is 0 Å². The number of fused-ring (bicyclic) bond motifs is 1. The van der Waals surface area contributed by atoms with Crippen molar-refractivity contribution in [3.63, 3.8) is 0 Å². The van der Waals surface area contributed by atoms with Gasteiger partial charge in [-0.3, -0.25) is 4.79 Å². The van der Waals surface area contributed by atoms with E-state index in [1.807, 2.05) is 54.6 Å². The van der Waals surface area contributed by atoms with Crippen LogP contribution in [0.4, 0.5) is 11.7 Å². The quantitative estimate of drug-likeness (QED) is 0.194. The Balaban J connectivity index is 1.42. The number of hydrogen-bond acceptors (Lipinski definition) is 8. The lowest BCUT2D eigenvalue weighted by molar-refractivity contribution is -0.116. The van der Waals surface area contributed by atoms with Crippen molar-refractivity contribution in [2.24, 2.45) is 15.8 Å². The van der Waals surface area contributed by atoms with E-state index in [1.165, 1.54) is 0 Å². The zero-order chi connectivity index (χ0) is 24.2. The molecule has 0 aliphatic carbocycles. The Bertz CT molecular complexity index is 1410. The average molecular weight is 467 g/mol. The molecule has 0 fully saturated rings. The van der Waals surface area contributed by atoms with E-state index in [9.17, 15) is 4.79 Å². The summed E-state index contributed by atoms with van der Waals surface area (Å²) in [6.07, 6.45) is -0.981. The predicted octanol–water partition coefficient (Wildman–Crippen LogP) is 2.80. The molecule has 2 heterocycles. The normalized spacial score (nSPS) is 15.5. The number of para-hydroxylation sites is 1. The van der Waals surface area contributed by atoms with E-state index in [2.05, 4.69) is 31.4 Å². The second kappa shape index (κ2) is 9.48. The van der Waals surface area contributed by atoms with Crippen LogP contribution in [0.1, 0.15) is 16.7 Å². The van der Waals surface area contributed by atoms with Crippen molar-refractivity contribution in [1.82, 2.24) is 15.6 Å². The monoisotopic (exact) mass is 466 g/mol. The third-order valence-electron chi connectivity index (χ3n) is 5.34. The Kier molecular flexibility index (Phi) is 5.91. The number of benzodiazepines with no additional fused rings is 1. The lowest BCUT2D eigenvalue weighted by atomic mass is 10.0. The third-order valence-corrected chi connectivity index (χ3v) is 5.34. The van der Waals surface area contributed by atoms with E-state index in [4.69, 9.17) is 15.1 Å². The van der Waals surface area contributed by atoms with E-state index >= 15 is 0 Å². The zero-order valence-electron chi connectivity index (χ0n) is 18.8. The van der Waals surface area contributed by atoms with Gasteiger partial charge in [-0.1, -0.05) is 65.8 Å². The van der Waals surface area contributed by atoms with Gasteiger partial charge in [-0.15, -0.1) is 5.10 Å². The van der Waals surface area contributed by atoms with Gasteiger partial charge in [-0.25, -0.2) is 4.99 Å². The van der Waals surface area contributed by atoms with Gasteiger partial charge in [-0.05, 0) is 18.2 Å². The fourth-order valence-corrected chi connectivity index (χ4v) is 3.66. The smallest absolute Gasteiger partial charge is 0.317 e. The molecule has 1 aliphatic rings. The maximum absolute atomic E-state index is 13.0. The lowest BCUT2D eigenvalue weighted by Gasteiger charge is -2.11. The van der Waals surface area contributed by atoms with E-state index in [-0.39, 0.29) is 17.8 Å². The number of nitrogens with one attached hydrogen (secondary N) is 3. The minimum atomic E-state index is -0.981.